The van der Waals surface area contributed by atoms with Gasteiger partial charge in [0.2, 0.25) is 0 Å². The molecule has 0 bridgehead atoms. The smallest absolute Gasteiger partial charge is 0.0616 e. The van der Waals surface area contributed by atoms with Gasteiger partial charge in [-0.3, -0.25) is 4.68 Å². The molecule has 0 unspecified atom stereocenters. The van der Waals surface area contributed by atoms with Crippen LogP contribution in [0.2, 0.25) is 0 Å². The van der Waals surface area contributed by atoms with Gasteiger partial charge < -0.3 is 15.3 Å². The summed E-state index contributed by atoms with van der Waals surface area (Å²) in [6.07, 6.45) is 5.73. The number of hydrogen-bond donors (Lipinski definition) is 2. The van der Waals surface area contributed by atoms with Gasteiger partial charge in [-0.15, -0.1) is 0 Å². The second kappa shape index (κ2) is 6.36. The molecule has 1 aromatic heterocycles. The molecular formula is C20H34N4O. The zero-order valence-corrected chi connectivity index (χ0v) is 16.2. The van der Waals surface area contributed by atoms with Gasteiger partial charge in [-0.25, -0.2) is 0 Å². The van der Waals surface area contributed by atoms with E-state index < -0.39 is 0 Å². The molecule has 25 heavy (non-hydrogen) atoms. The molecule has 2 N–H and O–H groups in total. The summed E-state index contributed by atoms with van der Waals surface area (Å²) in [5.74, 6) is 2.37. The van der Waals surface area contributed by atoms with Gasteiger partial charge in [-0.1, -0.05) is 20.8 Å². The van der Waals surface area contributed by atoms with Crippen LogP contribution >= 0.6 is 0 Å². The van der Waals surface area contributed by atoms with Crippen LogP contribution in [-0.4, -0.2) is 51.6 Å². The molecule has 1 aliphatic carbocycles. The molecule has 5 heteroatoms. The Morgan fingerprint density at radius 2 is 2.12 bits per heavy atom. The van der Waals surface area contributed by atoms with Gasteiger partial charge in [0.15, 0.2) is 0 Å². The maximum atomic E-state index is 10.4. The third kappa shape index (κ3) is 2.84. The molecule has 3 heterocycles. The number of nitrogens with one attached hydrogen (secondary N) is 1. The summed E-state index contributed by atoms with van der Waals surface area (Å²) in [4.78, 5) is 2.57. The number of hydrogen-bond acceptors (Lipinski definition) is 4. The van der Waals surface area contributed by atoms with E-state index in [1.165, 1.54) is 24.1 Å². The molecule has 2 saturated heterocycles. The van der Waals surface area contributed by atoms with E-state index in [9.17, 15) is 5.11 Å². The van der Waals surface area contributed by atoms with Crippen molar-refractivity contribution in [2.45, 2.75) is 57.5 Å². The molecule has 2 aliphatic heterocycles. The Hall–Kier alpha value is -0.910. The third-order valence-electron chi connectivity index (χ3n) is 6.84. The van der Waals surface area contributed by atoms with E-state index in [0.29, 0.717) is 29.7 Å². The Morgan fingerprint density at radius 1 is 1.36 bits per heavy atom. The fourth-order valence-corrected chi connectivity index (χ4v) is 5.65. The molecule has 140 valence electrons. The van der Waals surface area contributed by atoms with Gasteiger partial charge in [0.1, 0.15) is 0 Å². The normalized spacial score (nSPS) is 35.7. The Morgan fingerprint density at radius 3 is 2.72 bits per heavy atom. The predicted molar refractivity (Wildman–Crippen MR) is 99.4 cm³/mol. The highest BCUT2D eigenvalue weighted by Crippen LogP contribution is 2.52. The second-order valence-electron chi connectivity index (χ2n) is 9.04. The summed E-state index contributed by atoms with van der Waals surface area (Å²) in [7, 11) is 2.09. The van der Waals surface area contributed by atoms with E-state index in [2.05, 4.69) is 54.0 Å². The first-order chi connectivity index (χ1) is 12.0. The van der Waals surface area contributed by atoms with Crippen molar-refractivity contribution in [3.63, 3.8) is 0 Å². The molecule has 0 radical (unpaired) electrons. The molecule has 4 atom stereocenters. The molecule has 5 nitrogen and oxygen atoms in total. The Balaban J connectivity index is 1.71. The number of nitrogens with zero attached hydrogens (tertiary/aromatic N) is 3. The molecule has 0 spiro atoms. The van der Waals surface area contributed by atoms with Crippen LogP contribution in [0.25, 0.3) is 0 Å². The van der Waals surface area contributed by atoms with Crippen molar-refractivity contribution in [2.75, 3.05) is 26.2 Å². The minimum Gasteiger partial charge on any atom is -0.394 e. The molecule has 3 fully saturated rings. The van der Waals surface area contributed by atoms with Gasteiger partial charge in [0, 0.05) is 48.9 Å². The minimum absolute atomic E-state index is 0.149. The average Bonchev–Trinajstić information content (AvgIpc) is 3.09. The third-order valence-corrected chi connectivity index (χ3v) is 6.84. The van der Waals surface area contributed by atoms with Crippen LogP contribution in [0.4, 0.5) is 0 Å². The zero-order chi connectivity index (χ0) is 17.8. The fourth-order valence-electron chi connectivity index (χ4n) is 5.65. The molecule has 3 aliphatic rings. The maximum Gasteiger partial charge on any atom is 0.0616 e. The van der Waals surface area contributed by atoms with Gasteiger partial charge in [0.05, 0.1) is 12.8 Å². The first-order valence-electron chi connectivity index (χ1n) is 10.1. The number of rotatable bonds is 6. The largest absolute Gasteiger partial charge is 0.394 e. The van der Waals surface area contributed by atoms with Crippen molar-refractivity contribution in [3.8, 4) is 0 Å². The highest BCUT2D eigenvalue weighted by Gasteiger charge is 2.57. The van der Waals surface area contributed by atoms with Crippen molar-refractivity contribution in [3.05, 3.63) is 17.5 Å². The second-order valence-corrected chi connectivity index (χ2v) is 9.04. The Labute approximate surface area is 151 Å². The SMILES string of the molecule is CCN1C[C@H]2[C@@H](c3cnn(C)c3C3CC3)N[C@](CO)(CC(C)C)[C@H]2C1. The van der Waals surface area contributed by atoms with E-state index in [1.807, 2.05) is 0 Å². The van der Waals surface area contributed by atoms with Crippen molar-refractivity contribution in [1.29, 1.82) is 0 Å². The van der Waals surface area contributed by atoms with Gasteiger partial charge in [-0.2, -0.15) is 5.10 Å². The minimum atomic E-state index is -0.149. The standard InChI is InChI=1S/C20H34N4O/c1-5-24-10-16-17(11-24)20(12-25,8-13(2)3)22-18(16)15-9-21-23(4)19(15)14-6-7-14/h9,13-14,16-18,22,25H,5-8,10-12H2,1-4H3/t16-,17+,18-,20+/m1/s1. The predicted octanol–water partition coefficient (Wildman–Crippen LogP) is 2.29. The van der Waals surface area contributed by atoms with Crippen LogP contribution in [0, 0.1) is 17.8 Å². The quantitative estimate of drug-likeness (QED) is 0.830. The number of aryl methyl sites for hydroxylation is 1. The van der Waals surface area contributed by atoms with Crippen LogP contribution in [0.15, 0.2) is 6.20 Å². The Bertz CT molecular complexity index is 623. The summed E-state index contributed by atoms with van der Waals surface area (Å²) in [5.41, 5.74) is 2.69. The topological polar surface area (TPSA) is 53.3 Å². The maximum absolute atomic E-state index is 10.4. The first-order valence-corrected chi connectivity index (χ1v) is 10.1. The van der Waals surface area contributed by atoms with Crippen molar-refractivity contribution in [1.82, 2.24) is 20.0 Å². The summed E-state index contributed by atoms with van der Waals surface area (Å²) >= 11 is 0. The summed E-state index contributed by atoms with van der Waals surface area (Å²) in [5, 5.41) is 19.0. The highest BCUT2D eigenvalue weighted by molar-refractivity contribution is 5.32. The molecule has 1 aromatic rings. The van der Waals surface area contributed by atoms with Crippen LogP contribution < -0.4 is 5.32 Å². The lowest BCUT2D eigenvalue weighted by Gasteiger charge is -2.36. The fraction of sp³-hybridized carbons (Fsp3) is 0.850. The summed E-state index contributed by atoms with van der Waals surface area (Å²) in [6.45, 7) is 10.4. The lowest BCUT2D eigenvalue weighted by Crippen LogP contribution is -2.51. The van der Waals surface area contributed by atoms with Gasteiger partial charge >= 0.3 is 0 Å². The number of likely N-dealkylation sites (tertiary alicyclic amines) is 1. The highest BCUT2D eigenvalue weighted by atomic mass is 16.3. The number of aliphatic hydroxyl groups is 1. The lowest BCUT2D eigenvalue weighted by atomic mass is 9.76. The van der Waals surface area contributed by atoms with Crippen LogP contribution in [0.5, 0.6) is 0 Å². The summed E-state index contributed by atoms with van der Waals surface area (Å²) in [6, 6.07) is 0.330. The number of fused-ring (bicyclic) bond motifs is 1. The molecule has 0 aromatic carbocycles. The zero-order valence-electron chi connectivity index (χ0n) is 16.2. The molecule has 1 saturated carbocycles. The molecule has 0 amide bonds. The van der Waals surface area contributed by atoms with E-state index >= 15 is 0 Å². The first kappa shape index (κ1) is 17.5. The lowest BCUT2D eigenvalue weighted by molar-refractivity contribution is 0.107. The van der Waals surface area contributed by atoms with Crippen molar-refractivity contribution < 1.29 is 5.11 Å². The van der Waals surface area contributed by atoms with E-state index in [-0.39, 0.29) is 12.1 Å². The van der Waals surface area contributed by atoms with Crippen LogP contribution in [-0.2, 0) is 7.05 Å². The van der Waals surface area contributed by atoms with Crippen LogP contribution in [0.3, 0.4) is 0 Å². The average molecular weight is 347 g/mol. The van der Waals surface area contributed by atoms with E-state index in [1.54, 1.807) is 0 Å². The molecular weight excluding hydrogens is 312 g/mol. The van der Waals surface area contributed by atoms with Gasteiger partial charge in [-0.05, 0) is 43.6 Å². The van der Waals surface area contributed by atoms with Gasteiger partial charge in [0.25, 0.3) is 0 Å². The molecule has 4 rings (SSSR count). The summed E-state index contributed by atoms with van der Waals surface area (Å²) < 4.78 is 2.09. The number of aliphatic hydroxyl groups excluding tert-OH is 1. The van der Waals surface area contributed by atoms with Crippen molar-refractivity contribution in [2.24, 2.45) is 24.8 Å². The number of aromatic nitrogens is 2. The van der Waals surface area contributed by atoms with Crippen molar-refractivity contribution >= 4 is 0 Å². The van der Waals surface area contributed by atoms with E-state index in [4.69, 9.17) is 0 Å². The van der Waals surface area contributed by atoms with Crippen LogP contribution in [0.1, 0.15) is 63.3 Å². The monoisotopic (exact) mass is 346 g/mol. The van der Waals surface area contributed by atoms with E-state index in [0.717, 1.165) is 26.1 Å². The Kier molecular flexibility index (Phi) is 4.45.